The predicted molar refractivity (Wildman–Crippen MR) is 77.1 cm³/mol. The van der Waals surface area contributed by atoms with Gasteiger partial charge in [-0.05, 0) is 33.1 Å². The average Bonchev–Trinajstić information content (AvgIpc) is 2.09. The van der Waals surface area contributed by atoms with Crippen LogP contribution in [0.15, 0.2) is 0 Å². The molecule has 0 rings (SSSR count). The molecule has 20 heavy (non-hydrogen) atoms. The van der Waals surface area contributed by atoms with Crippen molar-refractivity contribution >= 4 is 17.7 Å². The largest absolute Gasteiger partial charge is 0.458 e. The first-order valence-electron chi connectivity index (χ1n) is 6.82. The molecular weight excluding hydrogens is 258 g/mol. The Morgan fingerprint density at radius 1 is 1.05 bits per heavy atom. The summed E-state index contributed by atoms with van der Waals surface area (Å²) >= 11 is 0. The van der Waals surface area contributed by atoms with Crippen molar-refractivity contribution in [2.75, 3.05) is 0 Å². The lowest BCUT2D eigenvalue weighted by Crippen LogP contribution is -2.45. The molecule has 0 bridgehead atoms. The molecule has 0 heterocycles. The zero-order valence-electron chi connectivity index (χ0n) is 13.6. The summed E-state index contributed by atoms with van der Waals surface area (Å²) in [6.07, 6.45) is 0.231. The van der Waals surface area contributed by atoms with Gasteiger partial charge in [-0.1, -0.05) is 20.8 Å². The minimum absolute atomic E-state index is 0.0508. The minimum Gasteiger partial charge on any atom is -0.458 e. The molecule has 0 aromatic heterocycles. The van der Waals surface area contributed by atoms with E-state index in [0.717, 1.165) is 0 Å². The van der Waals surface area contributed by atoms with Crippen LogP contribution in [0.5, 0.6) is 0 Å². The van der Waals surface area contributed by atoms with Gasteiger partial charge in [0.2, 0.25) is 5.91 Å². The summed E-state index contributed by atoms with van der Waals surface area (Å²) in [5.41, 5.74) is -0.834. The van der Waals surface area contributed by atoms with Crippen LogP contribution in [-0.2, 0) is 19.1 Å². The Hall–Kier alpha value is -1.39. The van der Waals surface area contributed by atoms with E-state index in [1.165, 1.54) is 6.92 Å². The number of carbonyl (C=O) groups excluding carboxylic acids is 3. The van der Waals surface area contributed by atoms with Gasteiger partial charge in [0.25, 0.3) is 0 Å². The van der Waals surface area contributed by atoms with Gasteiger partial charge in [0, 0.05) is 12.8 Å². The van der Waals surface area contributed by atoms with E-state index in [0.29, 0.717) is 0 Å². The van der Waals surface area contributed by atoms with Crippen LogP contribution in [0.25, 0.3) is 0 Å². The van der Waals surface area contributed by atoms with Crippen LogP contribution in [-0.4, -0.2) is 29.3 Å². The number of esters is 1. The van der Waals surface area contributed by atoms with Crippen molar-refractivity contribution in [2.24, 2.45) is 5.41 Å². The number of Topliss-reactive ketones (excluding diaryl/α,β-unsaturated/α-hetero) is 1. The second-order valence-corrected chi connectivity index (χ2v) is 7.30. The molecule has 5 nitrogen and oxygen atoms in total. The van der Waals surface area contributed by atoms with Crippen LogP contribution in [0.3, 0.4) is 0 Å². The molecule has 1 atom stereocenters. The molecule has 0 spiro atoms. The van der Waals surface area contributed by atoms with E-state index in [9.17, 15) is 14.4 Å². The van der Waals surface area contributed by atoms with Crippen LogP contribution in [0.4, 0.5) is 0 Å². The van der Waals surface area contributed by atoms with Crippen LogP contribution in [0.2, 0.25) is 0 Å². The quantitative estimate of drug-likeness (QED) is 0.786. The van der Waals surface area contributed by atoms with Gasteiger partial charge in [-0.3, -0.25) is 9.59 Å². The fourth-order valence-corrected chi connectivity index (χ4v) is 1.58. The summed E-state index contributed by atoms with van der Waals surface area (Å²) in [4.78, 5) is 35.1. The third kappa shape index (κ3) is 9.53. The Kier molecular flexibility index (Phi) is 6.38. The third-order valence-corrected chi connectivity index (χ3v) is 2.21. The van der Waals surface area contributed by atoms with Crippen molar-refractivity contribution in [3.8, 4) is 0 Å². The van der Waals surface area contributed by atoms with Crippen molar-refractivity contribution in [2.45, 2.75) is 73.0 Å². The normalized spacial score (nSPS) is 13.6. The number of ketones is 1. The summed E-state index contributed by atoms with van der Waals surface area (Å²) in [5, 5.41) is 2.59. The second-order valence-electron chi connectivity index (χ2n) is 7.30. The van der Waals surface area contributed by atoms with Gasteiger partial charge < -0.3 is 10.1 Å². The first kappa shape index (κ1) is 18.6. The van der Waals surface area contributed by atoms with Gasteiger partial charge in [0.15, 0.2) is 0 Å². The van der Waals surface area contributed by atoms with Gasteiger partial charge in [0.05, 0.1) is 0 Å². The van der Waals surface area contributed by atoms with Gasteiger partial charge >= 0.3 is 5.97 Å². The maximum absolute atomic E-state index is 12.0. The number of hydrogen-bond acceptors (Lipinski definition) is 4. The number of hydrogen-bond donors (Lipinski definition) is 1. The molecule has 0 fully saturated rings. The number of nitrogens with one attached hydrogen (secondary N) is 1. The van der Waals surface area contributed by atoms with E-state index in [-0.39, 0.29) is 29.9 Å². The van der Waals surface area contributed by atoms with Crippen molar-refractivity contribution in [1.29, 1.82) is 0 Å². The maximum atomic E-state index is 12.0. The predicted octanol–water partition coefficient (Wildman–Crippen LogP) is 2.23. The number of amides is 1. The van der Waals surface area contributed by atoms with E-state index in [1.54, 1.807) is 20.8 Å². The SMILES string of the molecule is CC(=O)CC(NC(=O)CC(C)(C)C)C(=O)OC(C)(C)C. The minimum atomic E-state index is -0.915. The van der Waals surface area contributed by atoms with Gasteiger partial charge in [-0.25, -0.2) is 4.79 Å². The fraction of sp³-hybridized carbons (Fsp3) is 0.800. The van der Waals surface area contributed by atoms with E-state index >= 15 is 0 Å². The molecule has 0 aromatic rings. The summed E-state index contributed by atoms with van der Waals surface area (Å²) in [6, 6.07) is -0.915. The molecule has 0 saturated carbocycles. The zero-order chi connectivity index (χ0) is 16.1. The van der Waals surface area contributed by atoms with Crippen molar-refractivity contribution in [3.05, 3.63) is 0 Å². The highest BCUT2D eigenvalue weighted by atomic mass is 16.6. The Labute approximate surface area is 121 Å². The summed E-state index contributed by atoms with van der Waals surface area (Å²) in [6.45, 7) is 12.4. The highest BCUT2D eigenvalue weighted by Crippen LogP contribution is 2.18. The molecule has 0 radical (unpaired) electrons. The molecule has 1 unspecified atom stereocenters. The molecule has 0 aliphatic rings. The summed E-state index contributed by atoms with van der Waals surface area (Å²) in [7, 11) is 0. The summed E-state index contributed by atoms with van der Waals surface area (Å²) in [5.74, 6) is -0.999. The second kappa shape index (κ2) is 6.86. The maximum Gasteiger partial charge on any atom is 0.329 e. The molecular formula is C15H27NO4. The van der Waals surface area contributed by atoms with Crippen molar-refractivity contribution in [3.63, 3.8) is 0 Å². The highest BCUT2D eigenvalue weighted by Gasteiger charge is 2.28. The Bertz CT molecular complexity index is 374. The van der Waals surface area contributed by atoms with Crippen LogP contribution in [0, 0.1) is 5.41 Å². The Balaban J connectivity index is 4.77. The number of carbonyl (C=O) groups is 3. The zero-order valence-corrected chi connectivity index (χ0v) is 13.6. The Morgan fingerprint density at radius 3 is 1.90 bits per heavy atom. The van der Waals surface area contributed by atoms with Gasteiger partial charge in [0.1, 0.15) is 17.4 Å². The van der Waals surface area contributed by atoms with E-state index in [2.05, 4.69) is 5.32 Å². The molecule has 116 valence electrons. The lowest BCUT2D eigenvalue weighted by Gasteiger charge is -2.25. The third-order valence-electron chi connectivity index (χ3n) is 2.21. The highest BCUT2D eigenvalue weighted by molar-refractivity contribution is 5.89. The Morgan fingerprint density at radius 2 is 1.55 bits per heavy atom. The van der Waals surface area contributed by atoms with E-state index in [1.807, 2.05) is 20.8 Å². The monoisotopic (exact) mass is 285 g/mol. The first-order valence-corrected chi connectivity index (χ1v) is 6.82. The lowest BCUT2D eigenvalue weighted by atomic mass is 9.92. The lowest BCUT2D eigenvalue weighted by molar-refractivity contribution is -0.159. The molecule has 1 N–H and O–H groups in total. The van der Waals surface area contributed by atoms with Gasteiger partial charge in [-0.15, -0.1) is 0 Å². The van der Waals surface area contributed by atoms with E-state index < -0.39 is 17.6 Å². The molecule has 0 aliphatic heterocycles. The molecule has 0 aliphatic carbocycles. The topological polar surface area (TPSA) is 72.5 Å². The summed E-state index contributed by atoms with van der Waals surface area (Å²) < 4.78 is 5.23. The van der Waals surface area contributed by atoms with Gasteiger partial charge in [-0.2, -0.15) is 0 Å². The first-order chi connectivity index (χ1) is 8.80. The van der Waals surface area contributed by atoms with E-state index in [4.69, 9.17) is 4.74 Å². The van der Waals surface area contributed by atoms with Crippen molar-refractivity contribution < 1.29 is 19.1 Å². The average molecular weight is 285 g/mol. The van der Waals surface area contributed by atoms with Crippen LogP contribution >= 0.6 is 0 Å². The number of rotatable bonds is 5. The standard InChI is InChI=1S/C15H27NO4/c1-10(17)8-11(13(19)20-15(5,6)7)16-12(18)9-14(2,3)4/h11H,8-9H2,1-7H3,(H,16,18). The number of ether oxygens (including phenoxy) is 1. The fourth-order valence-electron chi connectivity index (χ4n) is 1.58. The molecule has 5 heteroatoms. The molecule has 0 saturated heterocycles. The molecule has 1 amide bonds. The molecule has 0 aromatic carbocycles. The van der Waals surface area contributed by atoms with Crippen LogP contribution < -0.4 is 5.32 Å². The smallest absolute Gasteiger partial charge is 0.329 e. The van der Waals surface area contributed by atoms with Crippen molar-refractivity contribution in [1.82, 2.24) is 5.32 Å². The van der Waals surface area contributed by atoms with Crippen LogP contribution in [0.1, 0.15) is 61.3 Å².